The number of rotatable bonds is 6. The minimum atomic E-state index is 0.671. The number of nitrogens with one attached hydrogen (secondary N) is 3. The van der Waals surface area contributed by atoms with E-state index in [4.69, 9.17) is 4.98 Å². The van der Waals surface area contributed by atoms with Crippen LogP contribution in [0.5, 0.6) is 0 Å². The lowest BCUT2D eigenvalue weighted by molar-refractivity contribution is 0.724. The van der Waals surface area contributed by atoms with Crippen LogP contribution in [-0.2, 0) is 6.54 Å². The van der Waals surface area contributed by atoms with Crippen molar-refractivity contribution in [1.29, 1.82) is 0 Å². The first-order valence-corrected chi connectivity index (χ1v) is 11.9. The lowest BCUT2D eigenvalue weighted by Crippen LogP contribution is -2.11. The Bertz CT molecular complexity index is 1630. The van der Waals surface area contributed by atoms with Gasteiger partial charge in [-0.3, -0.25) is 15.1 Å². The minimum Gasteiger partial charge on any atom is -0.335 e. The van der Waals surface area contributed by atoms with Gasteiger partial charge < -0.3 is 10.3 Å². The van der Waals surface area contributed by atoms with Crippen molar-refractivity contribution in [3.05, 3.63) is 65.6 Å². The van der Waals surface area contributed by atoms with Gasteiger partial charge in [-0.1, -0.05) is 6.92 Å². The lowest BCUT2D eigenvalue weighted by atomic mass is 10.1. The number of pyridine rings is 3. The predicted octanol–water partition coefficient (Wildman–Crippen LogP) is 5.10. The van der Waals surface area contributed by atoms with Gasteiger partial charge in [-0.2, -0.15) is 5.10 Å². The van der Waals surface area contributed by atoms with Crippen LogP contribution in [-0.4, -0.2) is 41.7 Å². The summed E-state index contributed by atoms with van der Waals surface area (Å²) in [6.45, 7) is 5.88. The van der Waals surface area contributed by atoms with Crippen molar-refractivity contribution in [1.82, 2.24) is 40.4 Å². The molecule has 0 fully saturated rings. The summed E-state index contributed by atoms with van der Waals surface area (Å²) in [5.74, 6) is 0.672. The summed E-state index contributed by atoms with van der Waals surface area (Å²) in [7, 11) is 0. The molecule has 6 aromatic heterocycles. The number of hydrogen-bond acceptors (Lipinski definition) is 7. The monoisotopic (exact) mass is 466 g/mol. The maximum absolute atomic E-state index is 4.76. The maximum atomic E-state index is 4.76. The Morgan fingerprint density at radius 1 is 1.06 bits per heavy atom. The molecule has 6 heterocycles. The number of H-pyrrole nitrogens is 2. The fourth-order valence-electron chi connectivity index (χ4n) is 4.06. The molecule has 0 aromatic carbocycles. The van der Waals surface area contributed by atoms with Crippen molar-refractivity contribution >= 4 is 33.4 Å². The van der Waals surface area contributed by atoms with E-state index >= 15 is 0 Å². The van der Waals surface area contributed by atoms with E-state index in [9.17, 15) is 0 Å². The van der Waals surface area contributed by atoms with E-state index in [1.165, 1.54) is 9.75 Å². The second-order valence-electron chi connectivity index (χ2n) is 8.10. The van der Waals surface area contributed by atoms with E-state index < -0.39 is 0 Å². The van der Waals surface area contributed by atoms with Crippen LogP contribution in [0, 0.1) is 6.92 Å². The van der Waals surface area contributed by atoms with Crippen LogP contribution >= 0.6 is 11.3 Å². The van der Waals surface area contributed by atoms with Gasteiger partial charge in [-0.15, -0.1) is 11.3 Å². The molecule has 0 aliphatic carbocycles. The molecule has 34 heavy (non-hydrogen) atoms. The summed E-state index contributed by atoms with van der Waals surface area (Å²) >= 11 is 1.75. The third-order valence-electron chi connectivity index (χ3n) is 5.74. The Balaban J connectivity index is 1.44. The van der Waals surface area contributed by atoms with E-state index in [1.807, 2.05) is 24.5 Å². The van der Waals surface area contributed by atoms with Crippen molar-refractivity contribution in [3.63, 3.8) is 0 Å². The zero-order valence-electron chi connectivity index (χ0n) is 18.8. The Morgan fingerprint density at radius 2 is 2.00 bits per heavy atom. The van der Waals surface area contributed by atoms with Crippen molar-refractivity contribution in [2.24, 2.45) is 0 Å². The Kier molecular flexibility index (Phi) is 5.12. The second kappa shape index (κ2) is 8.44. The number of aromatic nitrogens is 7. The zero-order chi connectivity index (χ0) is 23.1. The number of fused-ring (bicyclic) bond motifs is 2. The molecule has 3 N–H and O–H groups in total. The molecule has 0 unspecified atom stereocenters. The molecule has 0 atom stereocenters. The average molecular weight is 467 g/mol. The molecule has 0 aliphatic heterocycles. The smallest absolute Gasteiger partial charge is 0.178 e. The highest BCUT2D eigenvalue weighted by Gasteiger charge is 2.17. The first-order valence-electron chi connectivity index (χ1n) is 11.1. The molecule has 6 rings (SSSR count). The van der Waals surface area contributed by atoms with Gasteiger partial charge in [-0.05, 0) is 49.4 Å². The molecule has 9 heteroatoms. The third kappa shape index (κ3) is 3.64. The third-order valence-corrected chi connectivity index (χ3v) is 6.77. The fourth-order valence-corrected chi connectivity index (χ4v) is 4.96. The molecule has 6 aromatic rings. The van der Waals surface area contributed by atoms with E-state index in [0.29, 0.717) is 11.5 Å². The van der Waals surface area contributed by atoms with Gasteiger partial charge in [0.1, 0.15) is 5.69 Å². The van der Waals surface area contributed by atoms with Crippen LogP contribution in [0.3, 0.4) is 0 Å². The number of aryl methyl sites for hydroxylation is 1. The highest BCUT2D eigenvalue weighted by Crippen LogP contribution is 2.34. The quantitative estimate of drug-likeness (QED) is 0.315. The molecule has 0 saturated carbocycles. The van der Waals surface area contributed by atoms with E-state index in [0.717, 1.165) is 57.6 Å². The van der Waals surface area contributed by atoms with Crippen LogP contribution in [0.1, 0.15) is 17.4 Å². The van der Waals surface area contributed by atoms with Gasteiger partial charge in [0.2, 0.25) is 0 Å². The van der Waals surface area contributed by atoms with Crippen molar-refractivity contribution in [2.45, 2.75) is 20.4 Å². The molecular formula is C25H22N8S. The number of aromatic amines is 2. The van der Waals surface area contributed by atoms with E-state index in [1.54, 1.807) is 23.7 Å². The normalized spacial score (nSPS) is 11.6. The zero-order valence-corrected chi connectivity index (χ0v) is 19.6. The number of hydrogen-bond donors (Lipinski definition) is 3. The van der Waals surface area contributed by atoms with E-state index in [2.05, 4.69) is 67.5 Å². The van der Waals surface area contributed by atoms with Gasteiger partial charge >= 0.3 is 0 Å². The summed E-state index contributed by atoms with van der Waals surface area (Å²) < 4.78 is 0. The molecule has 0 amide bonds. The first-order chi connectivity index (χ1) is 16.7. The molecular weight excluding hydrogens is 444 g/mol. The highest BCUT2D eigenvalue weighted by atomic mass is 32.1. The van der Waals surface area contributed by atoms with Crippen molar-refractivity contribution in [2.75, 3.05) is 6.54 Å². The highest BCUT2D eigenvalue weighted by molar-refractivity contribution is 7.15. The summed E-state index contributed by atoms with van der Waals surface area (Å²) in [4.78, 5) is 24.2. The topological polar surface area (TPSA) is 108 Å². The molecule has 0 saturated heterocycles. The van der Waals surface area contributed by atoms with Crippen LogP contribution in [0.15, 0.2) is 55.1 Å². The molecule has 0 radical (unpaired) electrons. The lowest BCUT2D eigenvalue weighted by Gasteiger charge is -2.05. The Morgan fingerprint density at radius 3 is 2.85 bits per heavy atom. The Labute approximate surface area is 199 Å². The standard InChI is InChI=1S/C25H22N8S/c1-3-26-10-15-8-16(12-27-11-15)19-9-18-20(13-29-19)32-33-23(18)25-30-22-17(6-7-28-24(22)31-25)21-5-4-14(2)34-21/h4-9,11-13,26H,3,10H2,1-2H3,(H,32,33)(H,28,30,31). The second-order valence-corrected chi connectivity index (χ2v) is 9.39. The molecule has 0 bridgehead atoms. The van der Waals surface area contributed by atoms with Crippen LogP contribution in [0.25, 0.3) is 55.3 Å². The number of thiophene rings is 1. The number of imidazole rings is 1. The van der Waals surface area contributed by atoms with Gasteiger partial charge in [0.05, 0.1) is 22.9 Å². The van der Waals surface area contributed by atoms with Crippen LogP contribution < -0.4 is 5.32 Å². The van der Waals surface area contributed by atoms with Gasteiger partial charge in [0.15, 0.2) is 11.5 Å². The van der Waals surface area contributed by atoms with Gasteiger partial charge in [-0.25, -0.2) is 9.97 Å². The summed E-state index contributed by atoms with van der Waals surface area (Å²) in [6, 6.07) is 10.4. The molecule has 0 aliphatic rings. The summed E-state index contributed by atoms with van der Waals surface area (Å²) in [5, 5.41) is 11.9. The number of nitrogens with zero attached hydrogens (tertiary/aromatic N) is 5. The predicted molar refractivity (Wildman–Crippen MR) is 135 cm³/mol. The minimum absolute atomic E-state index is 0.671. The largest absolute Gasteiger partial charge is 0.335 e. The van der Waals surface area contributed by atoms with Crippen molar-refractivity contribution in [3.8, 4) is 33.2 Å². The maximum Gasteiger partial charge on any atom is 0.178 e. The molecule has 0 spiro atoms. The van der Waals surface area contributed by atoms with Crippen molar-refractivity contribution < 1.29 is 0 Å². The SMILES string of the molecule is CCNCc1cncc(-c2cc3c(-c4nc5nccc(-c6ccc(C)s6)c5[nH]4)n[nH]c3cn2)c1. The van der Waals surface area contributed by atoms with Crippen LogP contribution in [0.2, 0.25) is 0 Å². The summed E-state index contributed by atoms with van der Waals surface area (Å²) in [6.07, 6.45) is 7.32. The molecule has 168 valence electrons. The van der Waals surface area contributed by atoms with E-state index in [-0.39, 0.29) is 0 Å². The fraction of sp³-hybridized carbons (Fsp3) is 0.160. The van der Waals surface area contributed by atoms with Gasteiger partial charge in [0, 0.05) is 51.4 Å². The Hall–Kier alpha value is -3.95. The average Bonchev–Trinajstić information content (AvgIpc) is 3.59. The molecule has 8 nitrogen and oxygen atoms in total. The first kappa shape index (κ1) is 20.6. The van der Waals surface area contributed by atoms with Crippen LogP contribution in [0.4, 0.5) is 0 Å². The van der Waals surface area contributed by atoms with Gasteiger partial charge in [0.25, 0.3) is 0 Å². The summed E-state index contributed by atoms with van der Waals surface area (Å²) in [5.41, 5.74) is 7.17.